The molecule has 0 aliphatic heterocycles. The van der Waals surface area contributed by atoms with Gasteiger partial charge in [-0.15, -0.1) is 0 Å². The van der Waals surface area contributed by atoms with Gasteiger partial charge in [-0.05, 0) is 148 Å². The van der Waals surface area contributed by atoms with Crippen LogP contribution in [0, 0.1) is 0 Å². The maximum Gasteiger partial charge on any atom is 0.472 e. The lowest BCUT2D eigenvalue weighted by Crippen LogP contribution is -2.29. The molecule has 0 amide bonds. The van der Waals surface area contributed by atoms with Crippen molar-refractivity contribution in [2.24, 2.45) is 0 Å². The number of rotatable bonds is 81. The minimum absolute atomic E-state index is 0.0299. The van der Waals surface area contributed by atoms with Gasteiger partial charge in [0, 0.05) is 19.3 Å². The van der Waals surface area contributed by atoms with E-state index in [4.69, 9.17) is 32.3 Å². The van der Waals surface area contributed by atoms with Crippen molar-refractivity contribution in [3.05, 3.63) is 194 Å². The predicted molar refractivity (Wildman–Crippen MR) is 472 cm³/mol. The lowest BCUT2D eigenvalue weighted by Gasteiger charge is -2.21. The van der Waals surface area contributed by atoms with Gasteiger partial charge in [-0.1, -0.05) is 356 Å². The van der Waals surface area contributed by atoms with Crippen molar-refractivity contribution in [3.8, 4) is 0 Å². The third kappa shape index (κ3) is 87.1. The molecule has 0 aromatic rings. The summed E-state index contributed by atoms with van der Waals surface area (Å²) in [5.74, 6) is -1.69. The molecule has 0 radical (unpaired) electrons. The van der Waals surface area contributed by atoms with Gasteiger partial charge in [-0.2, -0.15) is 0 Å². The molecule has 0 saturated carbocycles. The topological polar surface area (TPSA) is 231 Å². The van der Waals surface area contributed by atoms with E-state index in [1.54, 1.807) is 0 Å². The van der Waals surface area contributed by atoms with Crippen LogP contribution in [0.1, 0.15) is 329 Å². The molecule has 5 unspecified atom stereocenters. The third-order valence-corrected chi connectivity index (χ3v) is 19.7. The number of carbonyl (C=O) groups is 3. The molecular formula is C95H156O16P2. The van der Waals surface area contributed by atoms with E-state index in [1.807, 2.05) is 18.2 Å². The number of phosphoric ester groups is 2. The molecule has 0 aromatic heterocycles. The Labute approximate surface area is 687 Å². The van der Waals surface area contributed by atoms with E-state index in [1.165, 1.54) is 103 Å². The van der Waals surface area contributed by atoms with Crippen molar-refractivity contribution >= 4 is 33.6 Å². The maximum atomic E-state index is 13.0. The summed E-state index contributed by atoms with van der Waals surface area (Å²) in [7, 11) is -9.84. The van der Waals surface area contributed by atoms with Gasteiger partial charge in [-0.25, -0.2) is 9.13 Å². The Balaban J connectivity index is 4.55. The molecule has 0 rings (SSSR count). The Bertz CT molecular complexity index is 2830. The normalized spacial score (nSPS) is 14.8. The molecule has 0 spiro atoms. The van der Waals surface area contributed by atoms with Crippen LogP contribution in [0.2, 0.25) is 0 Å². The Morgan fingerprint density at radius 1 is 0.248 bits per heavy atom. The van der Waals surface area contributed by atoms with Crippen molar-refractivity contribution in [2.75, 3.05) is 39.6 Å². The summed E-state index contributed by atoms with van der Waals surface area (Å²) in [4.78, 5) is 58.8. The number of hydrogen-bond acceptors (Lipinski definition) is 14. The van der Waals surface area contributed by atoms with Crippen LogP contribution in [0.3, 0.4) is 0 Å². The Kier molecular flexibility index (Phi) is 81.5. The second kappa shape index (κ2) is 85.8. The molecule has 18 heteroatoms. The van der Waals surface area contributed by atoms with Crippen LogP contribution in [0.4, 0.5) is 0 Å². The lowest BCUT2D eigenvalue weighted by molar-refractivity contribution is -0.161. The number of unbranched alkanes of at least 4 members (excludes halogenated alkanes) is 26. The van der Waals surface area contributed by atoms with E-state index in [-0.39, 0.29) is 19.3 Å². The van der Waals surface area contributed by atoms with Crippen molar-refractivity contribution in [2.45, 2.75) is 347 Å². The van der Waals surface area contributed by atoms with Crippen LogP contribution < -0.4 is 0 Å². The van der Waals surface area contributed by atoms with Crippen LogP contribution in [0.15, 0.2) is 194 Å². The fourth-order valence-electron chi connectivity index (χ4n) is 11.3. The third-order valence-electron chi connectivity index (χ3n) is 17.8. The van der Waals surface area contributed by atoms with Crippen LogP contribution in [-0.4, -0.2) is 95.9 Å². The first-order valence-electron chi connectivity index (χ1n) is 43.7. The fourth-order valence-corrected chi connectivity index (χ4v) is 12.9. The number of aliphatic hydroxyl groups excluding tert-OH is 2. The number of allylic oxidation sites excluding steroid dienone is 32. The van der Waals surface area contributed by atoms with Crippen molar-refractivity contribution in [3.63, 3.8) is 0 Å². The van der Waals surface area contributed by atoms with Crippen LogP contribution in [0.5, 0.6) is 0 Å². The van der Waals surface area contributed by atoms with Crippen LogP contribution in [-0.2, 0) is 55.8 Å². The number of aliphatic hydroxyl groups is 2. The average molecular weight is 1620 g/mol. The van der Waals surface area contributed by atoms with Crippen molar-refractivity contribution < 1.29 is 75.8 Å². The minimum atomic E-state index is -4.97. The molecule has 16 nitrogen and oxygen atoms in total. The second-order valence-electron chi connectivity index (χ2n) is 28.5. The first-order chi connectivity index (χ1) is 55.2. The quantitative estimate of drug-likeness (QED) is 0.0146. The summed E-state index contributed by atoms with van der Waals surface area (Å²) in [5.41, 5.74) is 0. The molecule has 113 heavy (non-hydrogen) atoms. The van der Waals surface area contributed by atoms with Crippen molar-refractivity contribution in [1.29, 1.82) is 0 Å². The first kappa shape index (κ1) is 107. The number of ether oxygens (including phenoxy) is 3. The van der Waals surface area contributed by atoms with Gasteiger partial charge in [0.15, 0.2) is 6.10 Å². The van der Waals surface area contributed by atoms with Crippen LogP contribution in [0.25, 0.3) is 0 Å². The van der Waals surface area contributed by atoms with Crippen LogP contribution >= 0.6 is 15.6 Å². The van der Waals surface area contributed by atoms with E-state index in [9.17, 15) is 43.5 Å². The summed E-state index contributed by atoms with van der Waals surface area (Å²) >= 11 is 0. The molecule has 0 saturated heterocycles. The minimum Gasteiger partial charge on any atom is -0.463 e. The second-order valence-corrected chi connectivity index (χ2v) is 31.5. The van der Waals surface area contributed by atoms with Gasteiger partial charge < -0.3 is 34.2 Å². The SMILES string of the molecule is CC/C=C\C/C=C\C/C=C\C/C=C\C/C=C\C/C=C\CCC(=O)OC(COC(=O)CCCCCCCCC/C=C\C/C=C\C/C=C\C/C=C\C/C=C\CC)COP(=O)(O)OCC(O)COP(=O)(O)OCC(O)COC(=O)CCCCCCCCCCCCCCCCCCCCC/C=C\C/C=C\C/C=C\C/C=C\C/C=C\CC. The zero-order chi connectivity index (χ0) is 82.2. The number of carbonyl (C=O) groups excluding carboxylic acids is 3. The zero-order valence-corrected chi connectivity index (χ0v) is 72.3. The summed E-state index contributed by atoms with van der Waals surface area (Å²) in [6.07, 6.45) is 114. The molecule has 642 valence electrons. The highest BCUT2D eigenvalue weighted by molar-refractivity contribution is 7.47. The number of hydrogen-bond donors (Lipinski definition) is 4. The van der Waals surface area contributed by atoms with Gasteiger partial charge in [-0.3, -0.25) is 32.5 Å². The highest BCUT2D eigenvalue weighted by Gasteiger charge is 2.29. The number of phosphoric acid groups is 2. The molecule has 0 bridgehead atoms. The summed E-state index contributed by atoms with van der Waals surface area (Å²) < 4.78 is 61.2. The molecule has 0 heterocycles. The molecule has 0 fully saturated rings. The predicted octanol–water partition coefficient (Wildman–Crippen LogP) is 26.7. The fraction of sp³-hybridized carbons (Fsp3) is 0.632. The van der Waals surface area contributed by atoms with Gasteiger partial charge in [0.25, 0.3) is 0 Å². The Hall–Kier alpha value is -5.61. The zero-order valence-electron chi connectivity index (χ0n) is 70.5. The smallest absolute Gasteiger partial charge is 0.463 e. The van der Waals surface area contributed by atoms with Gasteiger partial charge in [0.1, 0.15) is 25.4 Å². The summed E-state index contributed by atoms with van der Waals surface area (Å²) in [6.45, 7) is 2.25. The van der Waals surface area contributed by atoms with E-state index in [0.717, 1.165) is 161 Å². The molecule has 4 N–H and O–H groups in total. The molecule has 0 aliphatic rings. The Morgan fingerprint density at radius 3 is 0.735 bits per heavy atom. The van der Waals surface area contributed by atoms with E-state index >= 15 is 0 Å². The Morgan fingerprint density at radius 2 is 0.460 bits per heavy atom. The van der Waals surface area contributed by atoms with Crippen molar-refractivity contribution in [1.82, 2.24) is 0 Å². The van der Waals surface area contributed by atoms with E-state index in [2.05, 4.69) is 197 Å². The summed E-state index contributed by atoms with van der Waals surface area (Å²) in [5, 5.41) is 20.7. The monoisotopic (exact) mass is 1620 g/mol. The molecule has 0 aliphatic carbocycles. The van der Waals surface area contributed by atoms with E-state index in [0.29, 0.717) is 25.7 Å². The maximum absolute atomic E-state index is 13.0. The molecular weight excluding hydrogens is 1460 g/mol. The molecule has 5 atom stereocenters. The van der Waals surface area contributed by atoms with Gasteiger partial charge >= 0.3 is 33.6 Å². The van der Waals surface area contributed by atoms with Gasteiger partial charge in [0.05, 0.1) is 26.4 Å². The largest absolute Gasteiger partial charge is 0.472 e. The highest BCUT2D eigenvalue weighted by Crippen LogP contribution is 2.45. The first-order valence-corrected chi connectivity index (χ1v) is 46.7. The van der Waals surface area contributed by atoms with Gasteiger partial charge in [0.2, 0.25) is 0 Å². The summed E-state index contributed by atoms with van der Waals surface area (Å²) in [6, 6.07) is 0. The highest BCUT2D eigenvalue weighted by atomic mass is 31.2. The number of esters is 3. The lowest BCUT2D eigenvalue weighted by atomic mass is 10.0. The van der Waals surface area contributed by atoms with E-state index < -0.39 is 91.5 Å². The standard InChI is InChI=1S/C95H156O16P2/c1-4-7-10-13-16-19-22-25-28-31-34-36-38-39-40-41-42-43-44-45-46-47-48-49-51-53-55-57-60-63-66-69-72-75-78-81-93(98)105-84-90(96)85-107-112(101,102)108-86-91(97)87-109-113(103,104)110-89-92(111-95(100)83-80-77-74-71-68-65-62-59-54-33-30-27-24-21-18-15-12-9-6-3)88-106-94(99)82-79-76-73-70-67-64-61-58-56-52-50-37-35-32-29-26-23-20-17-14-11-8-5-2/h7-12,16-21,25-30,34-37,39-40,52,54,56,59,65,68,74,77,90-92,96-97H,4-6,13-15,22-24,31-33,38,41-51,53,55,57-58,60-64,66-67,69-73,75-76,78-89H2,1-3H3,(H,101,102)(H,103,104)/b10-7-,11-8-,12-9-,19-16-,20-17-,21-18-,28-25-,29-26-,30-27-,36-34-,37-35-,40-39-,56-52-,59-54-,68-65-,77-74-. The molecule has 0 aromatic carbocycles. The average Bonchev–Trinajstić information content (AvgIpc) is 0.905.